The molecule has 1 unspecified atom stereocenters. The molecule has 41 heavy (non-hydrogen) atoms. The zero-order valence-electron chi connectivity index (χ0n) is 23.9. The van der Waals surface area contributed by atoms with E-state index in [0.29, 0.717) is 41.7 Å². The molecule has 1 aliphatic carbocycles. The molecule has 2 fully saturated rings. The number of halogens is 2. The molecule has 0 radical (unpaired) electrons. The van der Waals surface area contributed by atoms with Crippen LogP contribution in [0.3, 0.4) is 0 Å². The number of benzene rings is 1. The maximum absolute atomic E-state index is 9.55. The Morgan fingerprint density at radius 3 is 2.85 bits per heavy atom. The van der Waals surface area contributed by atoms with E-state index in [1.807, 2.05) is 19.1 Å². The van der Waals surface area contributed by atoms with Gasteiger partial charge in [0.15, 0.2) is 0 Å². The lowest BCUT2D eigenvalue weighted by atomic mass is 9.66. The number of likely N-dealkylation sites (tertiary alicyclic amines) is 1. The van der Waals surface area contributed by atoms with Crippen molar-refractivity contribution < 1.29 is 9.47 Å². The highest BCUT2D eigenvalue weighted by atomic mass is 35.5. The fourth-order valence-electron chi connectivity index (χ4n) is 7.12. The summed E-state index contributed by atoms with van der Waals surface area (Å²) in [4.78, 5) is 17.1. The van der Waals surface area contributed by atoms with Crippen molar-refractivity contribution >= 4 is 29.0 Å². The van der Waals surface area contributed by atoms with Gasteiger partial charge < -0.3 is 24.2 Å². The molecule has 2 saturated heterocycles. The van der Waals surface area contributed by atoms with Crippen molar-refractivity contribution in [3.63, 3.8) is 0 Å². The molecule has 10 heteroatoms. The molecule has 0 saturated carbocycles. The summed E-state index contributed by atoms with van der Waals surface area (Å²) < 4.78 is 12.4. The Balaban J connectivity index is 1.36. The second kappa shape index (κ2) is 11.9. The first-order chi connectivity index (χ1) is 19.9. The Kier molecular flexibility index (Phi) is 8.22. The van der Waals surface area contributed by atoms with Crippen LogP contribution in [0.5, 0.6) is 11.8 Å². The normalized spacial score (nSPS) is 26.1. The minimum atomic E-state index is -0.155. The molecule has 4 heterocycles. The number of nitriles is 1. The molecule has 4 aliphatic rings. The minimum absolute atomic E-state index is 0.105. The van der Waals surface area contributed by atoms with E-state index in [9.17, 15) is 5.26 Å². The quantitative estimate of drug-likeness (QED) is 0.438. The Morgan fingerprint density at radius 2 is 2.07 bits per heavy atom. The van der Waals surface area contributed by atoms with Gasteiger partial charge in [0.05, 0.1) is 35.9 Å². The van der Waals surface area contributed by atoms with Gasteiger partial charge in [-0.1, -0.05) is 29.3 Å². The van der Waals surface area contributed by atoms with Crippen LogP contribution in [0.2, 0.25) is 10.0 Å². The molecule has 6 rings (SSSR count). The Hall–Kier alpha value is -2.73. The van der Waals surface area contributed by atoms with Gasteiger partial charge in [0.1, 0.15) is 18.2 Å². The lowest BCUT2D eigenvalue weighted by molar-refractivity contribution is 0.183. The van der Waals surface area contributed by atoms with Gasteiger partial charge in [0.2, 0.25) is 0 Å². The number of anilines is 1. The third-order valence-electron chi connectivity index (χ3n) is 9.39. The van der Waals surface area contributed by atoms with E-state index in [1.165, 1.54) is 12.0 Å². The van der Waals surface area contributed by atoms with Crippen LogP contribution < -0.4 is 14.4 Å². The van der Waals surface area contributed by atoms with Gasteiger partial charge in [-0.25, -0.2) is 0 Å². The standard InChI is InChI=1S/C31H38Cl2N6O2/c1-3-11-38-13-14-39(19-22(38)7-10-34)29-24-6-8-31(9-15-40-28-25(31)16-21(32)17-26(28)33)18-27(24)35-30(36-29)41-20-23-5-4-12-37(23)2/h3,11,16-17,22-23H,4-9,12-15,18-20H2,1-2H3/t22-,23-,31?/m0/s1. The van der Waals surface area contributed by atoms with Crippen molar-refractivity contribution in [3.05, 3.63) is 51.3 Å². The first kappa shape index (κ1) is 28.4. The maximum Gasteiger partial charge on any atom is 0.318 e. The van der Waals surface area contributed by atoms with Crippen LogP contribution in [-0.2, 0) is 18.3 Å². The van der Waals surface area contributed by atoms with Gasteiger partial charge in [-0.3, -0.25) is 0 Å². The summed E-state index contributed by atoms with van der Waals surface area (Å²) in [6.45, 7) is 6.70. The van der Waals surface area contributed by atoms with E-state index in [4.69, 9.17) is 42.6 Å². The first-order valence-electron chi connectivity index (χ1n) is 14.8. The monoisotopic (exact) mass is 596 g/mol. The van der Waals surface area contributed by atoms with Crippen LogP contribution in [-0.4, -0.2) is 78.3 Å². The number of fused-ring (bicyclic) bond motifs is 3. The average Bonchev–Trinajstić information content (AvgIpc) is 3.37. The Labute approximate surface area is 252 Å². The minimum Gasteiger partial charge on any atom is -0.492 e. The van der Waals surface area contributed by atoms with Crippen LogP contribution in [0, 0.1) is 11.3 Å². The van der Waals surface area contributed by atoms with E-state index < -0.39 is 0 Å². The highest BCUT2D eigenvalue weighted by Gasteiger charge is 2.44. The lowest BCUT2D eigenvalue weighted by Gasteiger charge is -2.44. The van der Waals surface area contributed by atoms with Crippen molar-refractivity contribution in [1.82, 2.24) is 19.8 Å². The zero-order chi connectivity index (χ0) is 28.6. The van der Waals surface area contributed by atoms with Crippen molar-refractivity contribution in [1.29, 1.82) is 5.26 Å². The summed E-state index contributed by atoms with van der Waals surface area (Å²) in [5.74, 6) is 1.71. The van der Waals surface area contributed by atoms with Gasteiger partial charge >= 0.3 is 6.01 Å². The summed E-state index contributed by atoms with van der Waals surface area (Å²) in [6, 6.07) is 7.09. The van der Waals surface area contributed by atoms with E-state index in [-0.39, 0.29) is 11.5 Å². The van der Waals surface area contributed by atoms with Crippen LogP contribution in [0.15, 0.2) is 24.4 Å². The van der Waals surface area contributed by atoms with Crippen LogP contribution in [0.4, 0.5) is 5.82 Å². The molecular weight excluding hydrogens is 559 g/mol. The molecule has 8 nitrogen and oxygen atoms in total. The van der Waals surface area contributed by atoms with E-state index >= 15 is 0 Å². The third-order valence-corrected chi connectivity index (χ3v) is 9.89. The Bertz CT molecular complexity index is 1360. The fraction of sp³-hybridized carbons (Fsp3) is 0.581. The van der Waals surface area contributed by atoms with Gasteiger partial charge in [-0.05, 0) is 71.0 Å². The maximum atomic E-state index is 9.55. The number of rotatable bonds is 6. The molecule has 1 aromatic heterocycles. The van der Waals surface area contributed by atoms with Crippen LogP contribution >= 0.6 is 23.2 Å². The Morgan fingerprint density at radius 1 is 1.20 bits per heavy atom. The number of hydrogen-bond donors (Lipinski definition) is 0. The van der Waals surface area contributed by atoms with Gasteiger partial charge in [-0.15, -0.1) is 0 Å². The molecule has 0 N–H and O–H groups in total. The first-order valence-corrected chi connectivity index (χ1v) is 15.5. The molecule has 1 spiro atoms. The van der Waals surface area contributed by atoms with Crippen LogP contribution in [0.1, 0.15) is 55.8 Å². The largest absolute Gasteiger partial charge is 0.492 e. The number of hydrogen-bond acceptors (Lipinski definition) is 8. The summed E-state index contributed by atoms with van der Waals surface area (Å²) >= 11 is 13.1. The van der Waals surface area contributed by atoms with Crippen molar-refractivity contribution in [2.45, 2.75) is 69.4 Å². The highest BCUT2D eigenvalue weighted by molar-refractivity contribution is 6.35. The number of allylic oxidation sites excluding steroid dienone is 1. The molecule has 2 aromatic rings. The number of ether oxygens (including phenoxy) is 2. The molecule has 3 aliphatic heterocycles. The highest BCUT2D eigenvalue weighted by Crippen LogP contribution is 2.51. The average molecular weight is 598 g/mol. The summed E-state index contributed by atoms with van der Waals surface area (Å²) in [7, 11) is 2.16. The molecule has 218 valence electrons. The third kappa shape index (κ3) is 5.57. The lowest BCUT2D eigenvalue weighted by Crippen LogP contribution is -2.51. The predicted octanol–water partition coefficient (Wildman–Crippen LogP) is 5.40. The number of nitrogens with zero attached hydrogens (tertiary/aromatic N) is 6. The number of likely N-dealkylation sites (N-methyl/N-ethyl adjacent to an activating group) is 1. The van der Waals surface area contributed by atoms with E-state index in [0.717, 1.165) is 81.1 Å². The molecular formula is C31H38Cl2N6O2. The molecule has 1 aromatic carbocycles. The van der Waals surface area contributed by atoms with Gasteiger partial charge in [-0.2, -0.15) is 15.2 Å². The van der Waals surface area contributed by atoms with Gasteiger partial charge in [0.25, 0.3) is 0 Å². The van der Waals surface area contributed by atoms with E-state index in [2.05, 4.69) is 34.0 Å². The van der Waals surface area contributed by atoms with E-state index in [1.54, 1.807) is 6.07 Å². The van der Waals surface area contributed by atoms with Crippen molar-refractivity contribution in [2.24, 2.45) is 0 Å². The van der Waals surface area contributed by atoms with Crippen LogP contribution in [0.25, 0.3) is 0 Å². The fourth-order valence-corrected chi connectivity index (χ4v) is 7.67. The second-order valence-corrected chi connectivity index (χ2v) is 12.7. The molecule has 3 atom stereocenters. The topological polar surface area (TPSA) is 77.8 Å². The van der Waals surface area contributed by atoms with Gasteiger partial charge in [0, 0.05) is 53.7 Å². The summed E-state index contributed by atoms with van der Waals surface area (Å²) in [5.41, 5.74) is 3.15. The summed E-state index contributed by atoms with van der Waals surface area (Å²) in [5, 5.41) is 10.7. The predicted molar refractivity (Wildman–Crippen MR) is 161 cm³/mol. The molecule has 0 bridgehead atoms. The number of piperazine rings is 1. The SMILES string of the molecule is CC=CN1CCN(c2nc(OC[C@@H]3CCCN3C)nc3c2CCC2(CCOc4c(Cl)cc(Cl)cc42)C3)C[C@@H]1CC#N. The van der Waals surface area contributed by atoms with Crippen molar-refractivity contribution in [3.8, 4) is 17.8 Å². The number of aromatic nitrogens is 2. The smallest absolute Gasteiger partial charge is 0.318 e. The second-order valence-electron chi connectivity index (χ2n) is 11.8. The zero-order valence-corrected chi connectivity index (χ0v) is 25.4. The van der Waals surface area contributed by atoms with Crippen molar-refractivity contribution in [2.75, 3.05) is 51.3 Å². The molecule has 0 amide bonds. The summed E-state index contributed by atoms with van der Waals surface area (Å²) in [6.07, 6.45) is 10.3.